The Hall–Kier alpha value is -1.89. The SMILES string of the molecule is O=C(Nc1ccc(C(=O)N2CCCCCC2)cc1)c1ccccc1I. The third-order valence-electron chi connectivity index (χ3n) is 4.40. The van der Waals surface area contributed by atoms with E-state index in [2.05, 4.69) is 27.9 Å². The van der Waals surface area contributed by atoms with Gasteiger partial charge in [-0.2, -0.15) is 0 Å². The van der Waals surface area contributed by atoms with Crippen molar-refractivity contribution in [3.05, 3.63) is 63.2 Å². The summed E-state index contributed by atoms with van der Waals surface area (Å²) in [5.41, 5.74) is 2.01. The first-order chi connectivity index (χ1) is 12.1. The molecular weight excluding hydrogens is 427 g/mol. The van der Waals surface area contributed by atoms with Gasteiger partial charge in [0.25, 0.3) is 11.8 Å². The molecule has 0 saturated carbocycles. The summed E-state index contributed by atoms with van der Waals surface area (Å²) < 4.78 is 0.908. The van der Waals surface area contributed by atoms with Crippen LogP contribution >= 0.6 is 22.6 Å². The summed E-state index contributed by atoms with van der Waals surface area (Å²) in [6.07, 6.45) is 4.56. The standard InChI is InChI=1S/C20H21IN2O2/c21-18-8-4-3-7-17(18)19(24)22-16-11-9-15(10-12-16)20(25)23-13-5-1-2-6-14-23/h3-4,7-12H,1-2,5-6,13-14H2,(H,22,24). The van der Waals surface area contributed by atoms with Crippen LogP contribution in [0.1, 0.15) is 46.4 Å². The smallest absolute Gasteiger partial charge is 0.256 e. The third kappa shape index (κ3) is 4.60. The quantitative estimate of drug-likeness (QED) is 0.701. The molecule has 2 aromatic carbocycles. The van der Waals surface area contributed by atoms with Gasteiger partial charge in [0.1, 0.15) is 0 Å². The average molecular weight is 448 g/mol. The van der Waals surface area contributed by atoms with E-state index in [4.69, 9.17) is 0 Å². The van der Waals surface area contributed by atoms with Gasteiger partial charge in [-0.25, -0.2) is 0 Å². The lowest BCUT2D eigenvalue weighted by Crippen LogP contribution is -2.31. The van der Waals surface area contributed by atoms with Crippen LogP contribution < -0.4 is 5.32 Å². The second-order valence-electron chi connectivity index (χ2n) is 6.22. The number of halogens is 1. The van der Waals surface area contributed by atoms with Gasteiger partial charge >= 0.3 is 0 Å². The Kier molecular flexibility index (Phi) is 6.07. The maximum Gasteiger partial charge on any atom is 0.256 e. The van der Waals surface area contributed by atoms with Crippen LogP contribution in [0.5, 0.6) is 0 Å². The van der Waals surface area contributed by atoms with Crippen LogP contribution in [0.2, 0.25) is 0 Å². The Bertz CT molecular complexity index is 751. The molecule has 0 aromatic heterocycles. The lowest BCUT2D eigenvalue weighted by molar-refractivity contribution is 0.0761. The average Bonchev–Trinajstić information content (AvgIpc) is 2.91. The topological polar surface area (TPSA) is 49.4 Å². The molecule has 1 aliphatic rings. The van der Waals surface area contributed by atoms with Crippen LogP contribution in [0.15, 0.2) is 48.5 Å². The van der Waals surface area contributed by atoms with Gasteiger partial charge in [0.05, 0.1) is 5.56 Å². The molecule has 0 radical (unpaired) electrons. The predicted octanol–water partition coefficient (Wildman–Crippen LogP) is 4.56. The van der Waals surface area contributed by atoms with Crippen LogP contribution in [0, 0.1) is 3.57 Å². The van der Waals surface area contributed by atoms with E-state index in [9.17, 15) is 9.59 Å². The van der Waals surface area contributed by atoms with Crippen LogP contribution in [0.25, 0.3) is 0 Å². The van der Waals surface area contributed by atoms with Crippen molar-refractivity contribution in [2.24, 2.45) is 0 Å². The number of carbonyl (C=O) groups is 2. The number of anilines is 1. The largest absolute Gasteiger partial charge is 0.339 e. The number of benzene rings is 2. The zero-order valence-electron chi connectivity index (χ0n) is 14.0. The van der Waals surface area contributed by atoms with E-state index in [1.54, 1.807) is 30.3 Å². The van der Waals surface area contributed by atoms with Crippen molar-refractivity contribution >= 4 is 40.1 Å². The summed E-state index contributed by atoms with van der Waals surface area (Å²) in [6.45, 7) is 1.67. The Morgan fingerprint density at radius 2 is 1.52 bits per heavy atom. The van der Waals surface area contributed by atoms with E-state index in [-0.39, 0.29) is 11.8 Å². The molecule has 0 spiro atoms. The van der Waals surface area contributed by atoms with Gasteiger partial charge in [0.2, 0.25) is 0 Å². The molecule has 2 aromatic rings. The normalized spacial score (nSPS) is 14.7. The summed E-state index contributed by atoms with van der Waals surface area (Å²) in [5.74, 6) is -0.0611. The number of likely N-dealkylation sites (tertiary alicyclic amines) is 1. The van der Waals surface area contributed by atoms with Crippen molar-refractivity contribution in [3.8, 4) is 0 Å². The molecule has 1 saturated heterocycles. The maximum absolute atomic E-state index is 12.6. The molecule has 0 atom stereocenters. The van der Waals surface area contributed by atoms with E-state index in [1.165, 1.54) is 12.8 Å². The first kappa shape index (κ1) is 17.9. The molecule has 2 amide bonds. The maximum atomic E-state index is 12.6. The molecule has 1 heterocycles. The summed E-state index contributed by atoms with van der Waals surface area (Å²) in [6, 6.07) is 14.6. The first-order valence-electron chi connectivity index (χ1n) is 8.60. The van der Waals surface area contributed by atoms with Crippen LogP contribution in [-0.4, -0.2) is 29.8 Å². The molecule has 5 heteroatoms. The lowest BCUT2D eigenvalue weighted by atomic mass is 10.1. The van der Waals surface area contributed by atoms with E-state index in [0.717, 1.165) is 29.5 Å². The number of rotatable bonds is 3. The van der Waals surface area contributed by atoms with Crippen molar-refractivity contribution in [2.75, 3.05) is 18.4 Å². The Labute approximate surface area is 161 Å². The second kappa shape index (κ2) is 8.47. The highest BCUT2D eigenvalue weighted by Crippen LogP contribution is 2.17. The van der Waals surface area contributed by atoms with Gasteiger partial charge in [-0.05, 0) is 71.8 Å². The Balaban J connectivity index is 1.66. The van der Waals surface area contributed by atoms with Crippen molar-refractivity contribution in [3.63, 3.8) is 0 Å². The van der Waals surface area contributed by atoms with Gasteiger partial charge < -0.3 is 10.2 Å². The number of hydrogen-bond acceptors (Lipinski definition) is 2. The summed E-state index contributed by atoms with van der Waals surface area (Å²) in [5, 5.41) is 2.89. The second-order valence-corrected chi connectivity index (χ2v) is 7.38. The van der Waals surface area contributed by atoms with Gasteiger partial charge in [-0.1, -0.05) is 25.0 Å². The van der Waals surface area contributed by atoms with E-state index in [1.807, 2.05) is 23.1 Å². The zero-order chi connectivity index (χ0) is 17.6. The molecule has 1 N–H and O–H groups in total. The number of amides is 2. The fraction of sp³-hybridized carbons (Fsp3) is 0.300. The summed E-state index contributed by atoms with van der Waals surface area (Å²) in [4.78, 5) is 26.9. The van der Waals surface area contributed by atoms with Gasteiger partial charge in [-0.15, -0.1) is 0 Å². The molecule has 3 rings (SSSR count). The highest BCUT2D eigenvalue weighted by Gasteiger charge is 2.17. The minimum atomic E-state index is -0.142. The molecule has 0 aliphatic carbocycles. The van der Waals surface area contributed by atoms with Crippen molar-refractivity contribution in [1.82, 2.24) is 4.90 Å². The van der Waals surface area contributed by atoms with Crippen LogP contribution in [0.3, 0.4) is 0 Å². The minimum Gasteiger partial charge on any atom is -0.339 e. The van der Waals surface area contributed by atoms with Crippen molar-refractivity contribution in [1.29, 1.82) is 0 Å². The number of nitrogens with zero attached hydrogens (tertiary/aromatic N) is 1. The highest BCUT2D eigenvalue weighted by atomic mass is 127. The van der Waals surface area contributed by atoms with Gasteiger partial charge in [0, 0.05) is 27.9 Å². The molecule has 0 bridgehead atoms. The monoisotopic (exact) mass is 448 g/mol. The number of hydrogen-bond donors (Lipinski definition) is 1. The highest BCUT2D eigenvalue weighted by molar-refractivity contribution is 14.1. The van der Waals surface area contributed by atoms with E-state index >= 15 is 0 Å². The number of nitrogens with one attached hydrogen (secondary N) is 1. The molecule has 130 valence electrons. The van der Waals surface area contributed by atoms with E-state index in [0.29, 0.717) is 16.8 Å². The molecular formula is C20H21IN2O2. The molecule has 1 aliphatic heterocycles. The summed E-state index contributed by atoms with van der Waals surface area (Å²) >= 11 is 2.15. The van der Waals surface area contributed by atoms with Crippen LogP contribution in [-0.2, 0) is 0 Å². The predicted molar refractivity (Wildman–Crippen MR) is 108 cm³/mol. The zero-order valence-corrected chi connectivity index (χ0v) is 16.2. The number of carbonyl (C=O) groups excluding carboxylic acids is 2. The minimum absolute atomic E-state index is 0.0809. The van der Waals surface area contributed by atoms with E-state index < -0.39 is 0 Å². The van der Waals surface area contributed by atoms with Crippen molar-refractivity contribution in [2.45, 2.75) is 25.7 Å². The fourth-order valence-corrected chi connectivity index (χ4v) is 3.63. The molecule has 1 fully saturated rings. The first-order valence-corrected chi connectivity index (χ1v) is 9.68. The third-order valence-corrected chi connectivity index (χ3v) is 5.34. The summed E-state index contributed by atoms with van der Waals surface area (Å²) in [7, 11) is 0. The van der Waals surface area contributed by atoms with Gasteiger partial charge in [-0.3, -0.25) is 9.59 Å². The Morgan fingerprint density at radius 3 is 2.16 bits per heavy atom. The molecule has 25 heavy (non-hydrogen) atoms. The Morgan fingerprint density at radius 1 is 0.880 bits per heavy atom. The van der Waals surface area contributed by atoms with Crippen LogP contribution in [0.4, 0.5) is 5.69 Å². The van der Waals surface area contributed by atoms with Gasteiger partial charge in [0.15, 0.2) is 0 Å². The fourth-order valence-electron chi connectivity index (χ4n) is 3.00. The molecule has 0 unspecified atom stereocenters. The lowest BCUT2D eigenvalue weighted by Gasteiger charge is -2.20. The van der Waals surface area contributed by atoms with Crippen molar-refractivity contribution < 1.29 is 9.59 Å². The molecule has 4 nitrogen and oxygen atoms in total.